The molecule has 1 aliphatic rings. The molecule has 0 saturated carbocycles. The van der Waals surface area contributed by atoms with Crippen molar-refractivity contribution in [3.05, 3.63) is 277 Å². The van der Waals surface area contributed by atoms with E-state index in [4.69, 9.17) is 0 Å². The van der Waals surface area contributed by atoms with E-state index in [0.717, 1.165) is 45.2 Å². The predicted octanol–water partition coefficient (Wildman–Crippen LogP) is 15.6. The third-order valence-corrected chi connectivity index (χ3v) is 13.7. The van der Waals surface area contributed by atoms with E-state index in [1.807, 2.05) is 18.3 Å². The van der Waals surface area contributed by atoms with Gasteiger partial charge in [-0.3, -0.25) is 4.98 Å². The lowest BCUT2D eigenvalue weighted by Crippen LogP contribution is -2.28. The highest BCUT2D eigenvalue weighted by Crippen LogP contribution is 2.57. The summed E-state index contributed by atoms with van der Waals surface area (Å²) >= 11 is 0. The van der Waals surface area contributed by atoms with Crippen LogP contribution in [0.2, 0.25) is 0 Å². The van der Waals surface area contributed by atoms with E-state index in [1.54, 1.807) is 0 Å². The van der Waals surface area contributed by atoms with Gasteiger partial charge < -0.3 is 14.0 Å². The summed E-state index contributed by atoms with van der Waals surface area (Å²) in [5, 5.41) is 3.57. The van der Waals surface area contributed by atoms with Crippen molar-refractivity contribution < 1.29 is 0 Å². The van der Waals surface area contributed by atoms with Crippen molar-refractivity contribution in [2.45, 2.75) is 5.41 Å². The number of nitrogens with zero attached hydrogens (tertiary/aromatic N) is 4. The van der Waals surface area contributed by atoms with Gasteiger partial charge in [0.25, 0.3) is 0 Å². The maximum Gasteiger partial charge on any atom is 0.0788 e. The van der Waals surface area contributed by atoms with Crippen LogP contribution in [0.4, 0.5) is 17.1 Å². The summed E-state index contributed by atoms with van der Waals surface area (Å²) < 4.78 is 4.78. The van der Waals surface area contributed by atoms with E-state index < -0.39 is 5.41 Å². The fraction of sp³-hybridized carbons (Fsp3) is 0.0161. The molecule has 310 valence electrons. The maximum absolute atomic E-state index is 4.69. The molecule has 3 aromatic heterocycles. The summed E-state index contributed by atoms with van der Waals surface area (Å²) in [5.74, 6) is 0. The Morgan fingerprint density at radius 1 is 0.409 bits per heavy atom. The molecular weight excluding hydrogens is 801 g/mol. The number of anilines is 3. The Morgan fingerprint density at radius 3 is 1.73 bits per heavy atom. The normalized spacial score (nSPS) is 12.7. The molecule has 0 fully saturated rings. The van der Waals surface area contributed by atoms with E-state index in [1.165, 1.54) is 60.6 Å². The van der Waals surface area contributed by atoms with Crippen molar-refractivity contribution in [3.8, 4) is 33.8 Å². The fourth-order valence-corrected chi connectivity index (χ4v) is 10.8. The van der Waals surface area contributed by atoms with Crippen LogP contribution in [0, 0.1) is 0 Å². The number of hydrogen-bond acceptors (Lipinski definition) is 2. The molecule has 0 saturated heterocycles. The quantitative estimate of drug-likeness (QED) is 0.152. The van der Waals surface area contributed by atoms with E-state index >= 15 is 0 Å². The van der Waals surface area contributed by atoms with Gasteiger partial charge in [-0.1, -0.05) is 158 Å². The monoisotopic (exact) mass is 842 g/mol. The molecule has 1 aliphatic carbocycles. The molecule has 0 bridgehead atoms. The van der Waals surface area contributed by atoms with Gasteiger partial charge in [-0.05, 0) is 118 Å². The van der Waals surface area contributed by atoms with Gasteiger partial charge in [0.15, 0.2) is 0 Å². The predicted molar refractivity (Wildman–Crippen MR) is 273 cm³/mol. The minimum atomic E-state index is -0.537. The first-order chi connectivity index (χ1) is 32.8. The number of rotatable bonds is 8. The first-order valence-corrected chi connectivity index (χ1v) is 22.6. The molecule has 12 aromatic rings. The summed E-state index contributed by atoms with van der Waals surface area (Å²) in [4.78, 5) is 7.12. The first kappa shape index (κ1) is 37.8. The van der Waals surface area contributed by atoms with Gasteiger partial charge in [0, 0.05) is 62.6 Å². The Hall–Kier alpha value is -8.73. The molecule has 4 heteroatoms. The number of aromatic nitrogens is 3. The van der Waals surface area contributed by atoms with Crippen LogP contribution in [-0.2, 0) is 5.41 Å². The van der Waals surface area contributed by atoms with Crippen LogP contribution in [0.15, 0.2) is 255 Å². The molecule has 3 heterocycles. The SMILES string of the molecule is c1ccc(-n2ccc3ccc4c5cc(N(c6ccc(-c7ccccn7)cc6)c6ccc7c(c6)C(c6ccccc6)(c6ccccc6)c6ccccc6-7)ccc5n(-c5ccccc5)c4c32)cc1. The molecule has 0 radical (unpaired) electrons. The highest BCUT2D eigenvalue weighted by atomic mass is 15.1. The molecule has 9 aromatic carbocycles. The van der Waals surface area contributed by atoms with Crippen molar-refractivity contribution in [1.29, 1.82) is 0 Å². The lowest BCUT2D eigenvalue weighted by Gasteiger charge is -2.35. The standard InChI is InChI=1S/C62H42N4/c1-5-17-45(18-6-1)62(46-19-7-2-8-20-46)56-26-14-13-25-52(56)53-36-33-51(42-57(53)62)65(49-31-28-43(29-32-49)58-27-15-16-39-63-58)50-34-37-59-55(41-50)54-35-30-44-38-40-64(47-21-9-3-10-22-47)60(44)61(54)66(59)48-23-11-4-12-24-48/h1-42H. The van der Waals surface area contributed by atoms with Gasteiger partial charge >= 0.3 is 0 Å². The molecule has 0 atom stereocenters. The summed E-state index contributed by atoms with van der Waals surface area (Å²) in [6.45, 7) is 0. The third-order valence-electron chi connectivity index (χ3n) is 13.7. The number of pyridine rings is 1. The molecule has 4 nitrogen and oxygen atoms in total. The lowest BCUT2D eigenvalue weighted by atomic mass is 9.67. The largest absolute Gasteiger partial charge is 0.315 e. The summed E-state index contributed by atoms with van der Waals surface area (Å²) in [5.41, 5.74) is 18.0. The zero-order chi connectivity index (χ0) is 43.6. The second-order valence-electron chi connectivity index (χ2n) is 17.1. The smallest absolute Gasteiger partial charge is 0.0788 e. The van der Waals surface area contributed by atoms with Crippen molar-refractivity contribution in [2.75, 3.05) is 4.90 Å². The van der Waals surface area contributed by atoms with Gasteiger partial charge in [-0.2, -0.15) is 0 Å². The topological polar surface area (TPSA) is 26.0 Å². The van der Waals surface area contributed by atoms with Crippen molar-refractivity contribution >= 4 is 49.8 Å². The summed E-state index contributed by atoms with van der Waals surface area (Å²) in [7, 11) is 0. The van der Waals surface area contributed by atoms with Crippen LogP contribution in [0.3, 0.4) is 0 Å². The van der Waals surface area contributed by atoms with Crippen LogP contribution < -0.4 is 4.90 Å². The lowest BCUT2D eigenvalue weighted by molar-refractivity contribution is 0.768. The van der Waals surface area contributed by atoms with E-state index in [0.29, 0.717) is 0 Å². The second-order valence-corrected chi connectivity index (χ2v) is 17.1. The molecule has 0 spiro atoms. The highest BCUT2D eigenvalue weighted by molar-refractivity contribution is 6.19. The van der Waals surface area contributed by atoms with Crippen LogP contribution in [0.1, 0.15) is 22.3 Å². The van der Waals surface area contributed by atoms with Crippen molar-refractivity contribution in [1.82, 2.24) is 14.1 Å². The van der Waals surface area contributed by atoms with E-state index in [2.05, 4.69) is 256 Å². The van der Waals surface area contributed by atoms with Gasteiger partial charge in [-0.25, -0.2) is 0 Å². The third kappa shape index (κ3) is 5.75. The molecule has 0 amide bonds. The molecule has 13 rings (SSSR count). The Kier molecular flexibility index (Phi) is 8.72. The van der Waals surface area contributed by atoms with Crippen molar-refractivity contribution in [2.24, 2.45) is 0 Å². The number of para-hydroxylation sites is 2. The minimum absolute atomic E-state index is 0.537. The van der Waals surface area contributed by atoms with Gasteiger partial charge in [0.2, 0.25) is 0 Å². The van der Waals surface area contributed by atoms with Crippen LogP contribution >= 0.6 is 0 Å². The highest BCUT2D eigenvalue weighted by Gasteiger charge is 2.46. The van der Waals surface area contributed by atoms with Crippen LogP contribution in [-0.4, -0.2) is 14.1 Å². The molecular formula is C62H42N4. The zero-order valence-corrected chi connectivity index (χ0v) is 36.0. The average Bonchev–Trinajstić information content (AvgIpc) is 4.07. The van der Waals surface area contributed by atoms with E-state index in [-0.39, 0.29) is 0 Å². The molecule has 0 aliphatic heterocycles. The van der Waals surface area contributed by atoms with Crippen LogP contribution in [0.5, 0.6) is 0 Å². The first-order valence-electron chi connectivity index (χ1n) is 22.6. The van der Waals surface area contributed by atoms with Gasteiger partial charge in [0.1, 0.15) is 0 Å². The number of fused-ring (bicyclic) bond motifs is 8. The Balaban J connectivity index is 1.08. The summed E-state index contributed by atoms with van der Waals surface area (Å²) in [6, 6.07) is 88.4. The Bertz CT molecular complexity index is 3690. The minimum Gasteiger partial charge on any atom is -0.315 e. The maximum atomic E-state index is 4.69. The molecule has 66 heavy (non-hydrogen) atoms. The summed E-state index contributed by atoms with van der Waals surface area (Å²) in [6.07, 6.45) is 4.06. The number of hydrogen-bond donors (Lipinski definition) is 0. The van der Waals surface area contributed by atoms with Gasteiger partial charge in [-0.15, -0.1) is 0 Å². The van der Waals surface area contributed by atoms with Crippen LogP contribution in [0.25, 0.3) is 66.5 Å². The second kappa shape index (κ2) is 15.2. The van der Waals surface area contributed by atoms with E-state index in [9.17, 15) is 0 Å². The Labute approximate surface area is 383 Å². The molecule has 0 N–H and O–H groups in total. The van der Waals surface area contributed by atoms with Crippen molar-refractivity contribution in [3.63, 3.8) is 0 Å². The van der Waals surface area contributed by atoms with Gasteiger partial charge in [0.05, 0.1) is 27.7 Å². The number of benzene rings is 9. The fourth-order valence-electron chi connectivity index (χ4n) is 10.8. The Morgan fingerprint density at radius 2 is 1.02 bits per heavy atom. The zero-order valence-electron chi connectivity index (χ0n) is 36.0. The molecule has 0 unspecified atom stereocenters. The average molecular weight is 843 g/mol.